The van der Waals surface area contributed by atoms with Gasteiger partial charge >= 0.3 is 0 Å². The molecule has 0 saturated carbocycles. The van der Waals surface area contributed by atoms with Crippen LogP contribution >= 0.6 is 11.3 Å². The summed E-state index contributed by atoms with van der Waals surface area (Å²) in [4.78, 5) is 16.9. The highest BCUT2D eigenvalue weighted by molar-refractivity contribution is 7.91. The fourth-order valence-corrected chi connectivity index (χ4v) is 5.23. The number of hydrogen-bond acceptors (Lipinski definition) is 4. The molecule has 144 valence electrons. The Balaban J connectivity index is 1.94. The highest BCUT2D eigenvalue weighted by atomic mass is 32.2. The van der Waals surface area contributed by atoms with Crippen LogP contribution in [-0.4, -0.2) is 24.6 Å². The summed E-state index contributed by atoms with van der Waals surface area (Å²) in [5.41, 5.74) is 3.78. The Labute approximate surface area is 168 Å². The summed E-state index contributed by atoms with van der Waals surface area (Å²) in [5.74, 6) is 1.05. The fourth-order valence-electron chi connectivity index (χ4n) is 2.86. The van der Waals surface area contributed by atoms with Crippen molar-refractivity contribution < 1.29 is 13.2 Å². The molecule has 0 saturated heterocycles. The van der Waals surface area contributed by atoms with E-state index in [1.165, 1.54) is 11.3 Å². The van der Waals surface area contributed by atoms with Crippen LogP contribution in [0.2, 0.25) is 0 Å². The van der Waals surface area contributed by atoms with Gasteiger partial charge in [-0.1, -0.05) is 47.6 Å². The molecule has 1 heterocycles. The van der Waals surface area contributed by atoms with E-state index < -0.39 is 21.5 Å². The van der Waals surface area contributed by atoms with Crippen LogP contribution in [0.25, 0.3) is 10.2 Å². The summed E-state index contributed by atoms with van der Waals surface area (Å²) in [5, 5.41) is 0. The van der Waals surface area contributed by atoms with Gasteiger partial charge in [-0.3, -0.25) is 4.79 Å². The second-order valence-corrected chi connectivity index (χ2v) is 9.68. The molecule has 2 aromatic carbocycles. The van der Waals surface area contributed by atoms with E-state index in [9.17, 15) is 13.2 Å². The number of fused-ring (bicyclic) bond motifs is 1. The molecule has 7 heteroatoms. The Morgan fingerprint density at radius 3 is 2.54 bits per heavy atom. The van der Waals surface area contributed by atoms with E-state index in [-0.39, 0.29) is 12.3 Å². The molecule has 0 radical (unpaired) electrons. The standard InChI is InChI=1S/C21H20N2O3S2/c1-4-10-23-18-11-15(2)16(3)12-19(18)27-21(23)22-20(24)14-28(25,26)13-17-8-6-5-7-9-17/h1,5-9,11-12H,10,13-14H2,2-3H3. The summed E-state index contributed by atoms with van der Waals surface area (Å²) in [6.07, 6.45) is 5.48. The molecule has 0 spiro atoms. The largest absolute Gasteiger partial charge is 0.305 e. The molecule has 28 heavy (non-hydrogen) atoms. The van der Waals surface area contributed by atoms with Gasteiger partial charge in [-0.2, -0.15) is 4.99 Å². The molecule has 0 atom stereocenters. The maximum atomic E-state index is 12.4. The molecule has 0 fully saturated rings. The van der Waals surface area contributed by atoms with Gasteiger partial charge in [-0.25, -0.2) is 8.42 Å². The first-order valence-electron chi connectivity index (χ1n) is 8.65. The summed E-state index contributed by atoms with van der Waals surface area (Å²) in [6.45, 7) is 4.27. The van der Waals surface area contributed by atoms with Gasteiger partial charge in [-0.15, -0.1) is 6.42 Å². The lowest BCUT2D eigenvalue weighted by Crippen LogP contribution is -2.21. The number of sulfone groups is 1. The van der Waals surface area contributed by atoms with Gasteiger partial charge < -0.3 is 4.57 Å². The van der Waals surface area contributed by atoms with Gasteiger partial charge in [0.05, 0.1) is 22.5 Å². The third-order valence-electron chi connectivity index (χ3n) is 4.34. The zero-order valence-corrected chi connectivity index (χ0v) is 17.3. The minimum Gasteiger partial charge on any atom is -0.305 e. The minimum absolute atomic E-state index is 0.190. The van der Waals surface area contributed by atoms with Crippen molar-refractivity contribution in [2.24, 2.45) is 4.99 Å². The van der Waals surface area contributed by atoms with Crippen molar-refractivity contribution in [1.29, 1.82) is 0 Å². The van der Waals surface area contributed by atoms with E-state index in [0.29, 0.717) is 10.4 Å². The molecule has 3 rings (SSSR count). The third kappa shape index (κ3) is 4.58. The van der Waals surface area contributed by atoms with Crippen LogP contribution in [0.4, 0.5) is 0 Å². The van der Waals surface area contributed by atoms with Crippen molar-refractivity contribution in [3.05, 3.63) is 64.0 Å². The molecule has 1 amide bonds. The average molecular weight is 413 g/mol. The smallest absolute Gasteiger partial charge is 0.263 e. The molecule has 0 unspecified atom stereocenters. The summed E-state index contributed by atoms with van der Waals surface area (Å²) < 4.78 is 27.4. The van der Waals surface area contributed by atoms with Crippen molar-refractivity contribution in [2.45, 2.75) is 26.1 Å². The van der Waals surface area contributed by atoms with Crippen LogP contribution < -0.4 is 4.80 Å². The maximum Gasteiger partial charge on any atom is 0.263 e. The Kier molecular flexibility index (Phi) is 5.82. The van der Waals surface area contributed by atoms with Crippen LogP contribution in [0, 0.1) is 26.2 Å². The van der Waals surface area contributed by atoms with E-state index in [1.54, 1.807) is 28.8 Å². The zero-order chi connectivity index (χ0) is 20.3. The van der Waals surface area contributed by atoms with E-state index in [2.05, 4.69) is 10.9 Å². The van der Waals surface area contributed by atoms with Gasteiger partial charge in [0.1, 0.15) is 5.75 Å². The fraction of sp³-hybridized carbons (Fsp3) is 0.238. The lowest BCUT2D eigenvalue weighted by molar-refractivity contribution is -0.115. The normalized spacial score (nSPS) is 12.2. The molecular formula is C21H20N2O3S2. The third-order valence-corrected chi connectivity index (χ3v) is 6.84. The first-order chi connectivity index (χ1) is 13.3. The second-order valence-electron chi connectivity index (χ2n) is 6.60. The topological polar surface area (TPSA) is 68.5 Å². The Morgan fingerprint density at radius 2 is 1.86 bits per heavy atom. The molecule has 5 nitrogen and oxygen atoms in total. The quantitative estimate of drug-likeness (QED) is 0.605. The van der Waals surface area contributed by atoms with Crippen molar-refractivity contribution in [2.75, 3.05) is 5.75 Å². The van der Waals surface area contributed by atoms with Gasteiger partial charge in [-0.05, 0) is 42.7 Å². The molecule has 0 N–H and O–H groups in total. The van der Waals surface area contributed by atoms with Crippen LogP contribution in [0.3, 0.4) is 0 Å². The summed E-state index contributed by atoms with van der Waals surface area (Å²) in [7, 11) is -3.61. The first-order valence-corrected chi connectivity index (χ1v) is 11.3. The van der Waals surface area contributed by atoms with E-state index in [4.69, 9.17) is 6.42 Å². The van der Waals surface area contributed by atoms with Gasteiger partial charge in [0, 0.05) is 0 Å². The Bertz CT molecular complexity index is 1240. The molecule has 3 aromatic rings. The zero-order valence-electron chi connectivity index (χ0n) is 15.7. The predicted molar refractivity (Wildman–Crippen MR) is 113 cm³/mol. The first kappa shape index (κ1) is 20.1. The number of benzene rings is 2. The highest BCUT2D eigenvalue weighted by Crippen LogP contribution is 2.22. The molecule has 1 aromatic heterocycles. The minimum atomic E-state index is -3.61. The maximum absolute atomic E-state index is 12.4. The average Bonchev–Trinajstić information content (AvgIpc) is 2.92. The van der Waals surface area contributed by atoms with Crippen molar-refractivity contribution >= 4 is 37.3 Å². The van der Waals surface area contributed by atoms with Crippen LogP contribution in [0.1, 0.15) is 16.7 Å². The molecule has 0 aliphatic rings. The van der Waals surface area contributed by atoms with E-state index >= 15 is 0 Å². The number of carbonyl (C=O) groups excluding carboxylic acids is 1. The summed E-state index contributed by atoms with van der Waals surface area (Å²) >= 11 is 1.33. The molecule has 0 bridgehead atoms. The number of amides is 1. The Morgan fingerprint density at radius 1 is 1.18 bits per heavy atom. The van der Waals surface area contributed by atoms with Crippen LogP contribution in [-0.2, 0) is 26.9 Å². The monoisotopic (exact) mass is 412 g/mol. The molecule has 0 aliphatic carbocycles. The number of rotatable bonds is 5. The van der Waals surface area contributed by atoms with Gasteiger partial charge in [0.2, 0.25) is 0 Å². The van der Waals surface area contributed by atoms with Gasteiger partial charge in [0.15, 0.2) is 14.6 Å². The van der Waals surface area contributed by atoms with E-state index in [1.807, 2.05) is 32.0 Å². The van der Waals surface area contributed by atoms with Crippen molar-refractivity contribution in [3.63, 3.8) is 0 Å². The highest BCUT2D eigenvalue weighted by Gasteiger charge is 2.18. The lowest BCUT2D eigenvalue weighted by Gasteiger charge is -2.03. The number of nitrogens with zero attached hydrogens (tertiary/aromatic N) is 2. The summed E-state index contributed by atoms with van der Waals surface area (Å²) in [6, 6.07) is 12.8. The number of thiazole rings is 1. The van der Waals surface area contributed by atoms with Gasteiger partial charge in [0.25, 0.3) is 5.91 Å². The number of hydrogen-bond donors (Lipinski definition) is 0. The number of carbonyl (C=O) groups is 1. The van der Waals surface area contributed by atoms with Crippen molar-refractivity contribution in [3.8, 4) is 12.3 Å². The number of aromatic nitrogens is 1. The van der Waals surface area contributed by atoms with Crippen LogP contribution in [0.15, 0.2) is 47.5 Å². The second kappa shape index (κ2) is 8.13. The predicted octanol–water partition coefficient (Wildman–Crippen LogP) is 3.00. The van der Waals surface area contributed by atoms with Crippen LogP contribution in [0.5, 0.6) is 0 Å². The molecular weight excluding hydrogens is 392 g/mol. The van der Waals surface area contributed by atoms with E-state index in [0.717, 1.165) is 21.3 Å². The SMILES string of the molecule is C#CCn1c(=NC(=O)CS(=O)(=O)Cc2ccccc2)sc2cc(C)c(C)cc21. The number of terminal acetylenes is 1. The Hall–Kier alpha value is -2.69. The number of aryl methyl sites for hydroxylation is 2. The van der Waals surface area contributed by atoms with Crippen molar-refractivity contribution in [1.82, 2.24) is 4.57 Å². The lowest BCUT2D eigenvalue weighted by atomic mass is 10.1. The molecule has 0 aliphatic heterocycles.